The molecule has 25 heavy (non-hydrogen) atoms. The van der Waals surface area contributed by atoms with Crippen molar-refractivity contribution in [2.24, 2.45) is 0 Å². The van der Waals surface area contributed by atoms with E-state index in [0.717, 1.165) is 22.5 Å². The minimum Gasteiger partial charge on any atom is -0.507 e. The van der Waals surface area contributed by atoms with Crippen LogP contribution in [-0.2, 0) is 0 Å². The van der Waals surface area contributed by atoms with Crippen molar-refractivity contribution < 1.29 is 10.2 Å². The largest absolute Gasteiger partial charge is 0.507 e. The average Bonchev–Trinajstić information content (AvgIpc) is 2.63. The fourth-order valence-corrected chi connectivity index (χ4v) is 4.21. The zero-order valence-electron chi connectivity index (χ0n) is 15.5. The maximum absolute atomic E-state index is 10.4. The van der Waals surface area contributed by atoms with Crippen molar-refractivity contribution in [3.63, 3.8) is 0 Å². The molecule has 0 unspecified atom stereocenters. The van der Waals surface area contributed by atoms with Gasteiger partial charge in [-0.2, -0.15) is 0 Å². The van der Waals surface area contributed by atoms with Gasteiger partial charge < -0.3 is 10.2 Å². The lowest BCUT2D eigenvalue weighted by Gasteiger charge is -2.09. The second-order valence-corrected chi connectivity index (χ2v) is 7.96. The van der Waals surface area contributed by atoms with Crippen molar-refractivity contribution in [2.75, 3.05) is 5.75 Å². The molecule has 0 amide bonds. The highest BCUT2D eigenvalue weighted by molar-refractivity contribution is 7.99. The van der Waals surface area contributed by atoms with Gasteiger partial charge in [-0.25, -0.2) is 0 Å². The van der Waals surface area contributed by atoms with E-state index in [9.17, 15) is 10.2 Å². The van der Waals surface area contributed by atoms with Crippen LogP contribution in [0.15, 0.2) is 35.2 Å². The summed E-state index contributed by atoms with van der Waals surface area (Å²) in [5.41, 5.74) is 0. The number of hydrogen-bond donors (Lipinski definition) is 2. The fraction of sp³-hybridized carbons (Fsp3) is 0.545. The lowest BCUT2D eigenvalue weighted by atomic mass is 10.1. The maximum Gasteiger partial charge on any atom is 0.137 e. The summed E-state index contributed by atoms with van der Waals surface area (Å²) in [5.74, 6) is 1.53. The van der Waals surface area contributed by atoms with E-state index in [2.05, 4.69) is 6.92 Å². The number of hydrogen-bond acceptors (Lipinski definition) is 3. The SMILES string of the molecule is CCCCCCCCCCCCSc1cc(O)c2ccccc2c1O. The minimum absolute atomic E-state index is 0.249. The molecule has 0 radical (unpaired) electrons. The number of rotatable bonds is 12. The molecule has 0 saturated carbocycles. The summed E-state index contributed by atoms with van der Waals surface area (Å²) in [5, 5.41) is 22.0. The van der Waals surface area contributed by atoms with Crippen LogP contribution in [0.3, 0.4) is 0 Å². The van der Waals surface area contributed by atoms with Crippen LogP contribution in [-0.4, -0.2) is 16.0 Å². The molecule has 0 aliphatic rings. The van der Waals surface area contributed by atoms with E-state index in [-0.39, 0.29) is 5.75 Å². The maximum atomic E-state index is 10.4. The number of unbranched alkanes of at least 4 members (excludes halogenated alkanes) is 9. The molecule has 2 N–H and O–H groups in total. The first-order valence-electron chi connectivity index (χ1n) is 9.80. The summed E-state index contributed by atoms with van der Waals surface area (Å²) in [6, 6.07) is 9.14. The molecule has 2 aromatic carbocycles. The van der Waals surface area contributed by atoms with Crippen LogP contribution >= 0.6 is 11.8 Å². The van der Waals surface area contributed by atoms with Gasteiger partial charge in [0.1, 0.15) is 11.5 Å². The second kappa shape index (κ2) is 11.3. The van der Waals surface area contributed by atoms with Crippen molar-refractivity contribution >= 4 is 22.5 Å². The Balaban J connectivity index is 1.64. The summed E-state index contributed by atoms with van der Waals surface area (Å²) >= 11 is 1.64. The highest BCUT2D eigenvalue weighted by Crippen LogP contribution is 2.40. The summed E-state index contributed by atoms with van der Waals surface area (Å²) < 4.78 is 0. The predicted molar refractivity (Wildman–Crippen MR) is 110 cm³/mol. The summed E-state index contributed by atoms with van der Waals surface area (Å²) in [4.78, 5) is 0.784. The summed E-state index contributed by atoms with van der Waals surface area (Å²) in [6.45, 7) is 2.26. The smallest absolute Gasteiger partial charge is 0.137 e. The number of fused-ring (bicyclic) bond motifs is 1. The van der Waals surface area contributed by atoms with Crippen LogP contribution in [0.1, 0.15) is 71.1 Å². The first kappa shape index (κ1) is 20.0. The lowest BCUT2D eigenvalue weighted by Crippen LogP contribution is -1.85. The molecule has 2 aromatic rings. The predicted octanol–water partition coefficient (Wildman–Crippen LogP) is 7.26. The Morgan fingerprint density at radius 3 is 1.96 bits per heavy atom. The van der Waals surface area contributed by atoms with E-state index in [1.807, 2.05) is 24.3 Å². The van der Waals surface area contributed by atoms with Crippen LogP contribution < -0.4 is 0 Å². The zero-order chi connectivity index (χ0) is 17.9. The van der Waals surface area contributed by atoms with Gasteiger partial charge in [-0.15, -0.1) is 11.8 Å². The molecule has 3 heteroatoms. The molecule has 2 nitrogen and oxygen atoms in total. The number of benzene rings is 2. The molecule has 0 atom stereocenters. The van der Waals surface area contributed by atoms with Gasteiger partial charge in [0.05, 0.1) is 4.90 Å². The van der Waals surface area contributed by atoms with Crippen molar-refractivity contribution in [2.45, 2.75) is 76.0 Å². The van der Waals surface area contributed by atoms with Crippen LogP contribution in [0.5, 0.6) is 11.5 Å². The molecule has 0 aliphatic carbocycles. The van der Waals surface area contributed by atoms with Crippen LogP contribution in [0.4, 0.5) is 0 Å². The zero-order valence-corrected chi connectivity index (χ0v) is 16.3. The molecule has 0 heterocycles. The normalized spacial score (nSPS) is 11.2. The molecule has 0 fully saturated rings. The van der Waals surface area contributed by atoms with Crippen molar-refractivity contribution in [3.05, 3.63) is 30.3 Å². The van der Waals surface area contributed by atoms with Crippen LogP contribution in [0, 0.1) is 0 Å². The average molecular weight is 361 g/mol. The third kappa shape index (κ3) is 6.47. The summed E-state index contributed by atoms with van der Waals surface area (Å²) in [7, 11) is 0. The lowest BCUT2D eigenvalue weighted by molar-refractivity contribution is 0.458. The van der Waals surface area contributed by atoms with Gasteiger partial charge in [0.25, 0.3) is 0 Å². The molecule has 2 rings (SSSR count). The number of thioether (sulfide) groups is 1. The Morgan fingerprint density at radius 2 is 1.32 bits per heavy atom. The van der Waals surface area contributed by atoms with E-state index in [0.29, 0.717) is 11.1 Å². The molecule has 0 bridgehead atoms. The third-order valence-electron chi connectivity index (χ3n) is 4.71. The second-order valence-electron chi connectivity index (χ2n) is 6.82. The van der Waals surface area contributed by atoms with Gasteiger partial charge >= 0.3 is 0 Å². The van der Waals surface area contributed by atoms with Gasteiger partial charge in [0.2, 0.25) is 0 Å². The molecule has 0 spiro atoms. The fourth-order valence-electron chi connectivity index (χ4n) is 3.20. The van der Waals surface area contributed by atoms with Gasteiger partial charge in [-0.05, 0) is 18.2 Å². The molecule has 138 valence electrons. The van der Waals surface area contributed by atoms with Crippen LogP contribution in [0.25, 0.3) is 10.8 Å². The van der Waals surface area contributed by atoms with Gasteiger partial charge in [0.15, 0.2) is 0 Å². The highest BCUT2D eigenvalue weighted by atomic mass is 32.2. The van der Waals surface area contributed by atoms with E-state index in [1.54, 1.807) is 17.8 Å². The third-order valence-corrected chi connectivity index (χ3v) is 5.83. The highest BCUT2D eigenvalue weighted by Gasteiger charge is 2.10. The van der Waals surface area contributed by atoms with Crippen molar-refractivity contribution in [3.8, 4) is 11.5 Å². The first-order valence-corrected chi connectivity index (χ1v) is 10.8. The number of aromatic hydroxyl groups is 2. The first-order chi connectivity index (χ1) is 12.2. The standard InChI is InChI=1S/C22H32O2S/c1-2-3-4-5-6-7-8-9-10-13-16-25-21-17-20(23)18-14-11-12-15-19(18)22(21)24/h11-12,14-15,17,23-24H,2-10,13,16H2,1H3. The van der Waals surface area contributed by atoms with E-state index >= 15 is 0 Å². The Bertz CT molecular complexity index is 639. The number of phenolic OH excluding ortho intramolecular Hbond substituents is 2. The molecule has 0 aromatic heterocycles. The van der Waals surface area contributed by atoms with E-state index < -0.39 is 0 Å². The van der Waals surface area contributed by atoms with Crippen molar-refractivity contribution in [1.82, 2.24) is 0 Å². The molecular weight excluding hydrogens is 328 g/mol. The van der Waals surface area contributed by atoms with Crippen LogP contribution in [0.2, 0.25) is 0 Å². The van der Waals surface area contributed by atoms with E-state index in [4.69, 9.17) is 0 Å². The molecular formula is C22H32O2S. The molecule has 0 saturated heterocycles. The van der Waals surface area contributed by atoms with Crippen molar-refractivity contribution in [1.29, 1.82) is 0 Å². The van der Waals surface area contributed by atoms with Gasteiger partial charge in [-0.3, -0.25) is 0 Å². The Labute approximate surface area is 156 Å². The van der Waals surface area contributed by atoms with E-state index in [1.165, 1.54) is 57.8 Å². The Morgan fingerprint density at radius 1 is 0.760 bits per heavy atom. The monoisotopic (exact) mass is 360 g/mol. The van der Waals surface area contributed by atoms with Gasteiger partial charge in [0, 0.05) is 10.8 Å². The Hall–Kier alpha value is -1.35. The quantitative estimate of drug-likeness (QED) is 0.238. The minimum atomic E-state index is 0.249. The number of phenols is 2. The summed E-state index contributed by atoms with van der Waals surface area (Å²) in [6.07, 6.45) is 13.3. The topological polar surface area (TPSA) is 40.5 Å². The Kier molecular flexibility index (Phi) is 9.03. The molecule has 0 aliphatic heterocycles. The van der Waals surface area contributed by atoms with Gasteiger partial charge in [-0.1, -0.05) is 89.0 Å².